The van der Waals surface area contributed by atoms with E-state index in [1.165, 1.54) is 0 Å². The van der Waals surface area contributed by atoms with Gasteiger partial charge < -0.3 is 19.5 Å². The van der Waals surface area contributed by atoms with E-state index in [0.29, 0.717) is 29.3 Å². The fraction of sp³-hybridized carbons (Fsp3) is 0.261. The number of aromatic nitrogens is 2. The second-order valence-electron chi connectivity index (χ2n) is 7.47. The first-order valence-electron chi connectivity index (χ1n) is 9.71. The zero-order chi connectivity index (χ0) is 21.7. The van der Waals surface area contributed by atoms with E-state index in [1.807, 2.05) is 32.0 Å². The first kappa shape index (κ1) is 21.3. The molecular weight excluding hydrogens is 380 g/mol. The van der Waals surface area contributed by atoms with E-state index in [2.05, 4.69) is 10.3 Å². The number of amides is 1. The van der Waals surface area contributed by atoms with Crippen LogP contribution in [0.5, 0.6) is 11.5 Å². The number of anilines is 1. The number of nitrogens with one attached hydrogen (secondary N) is 1. The fourth-order valence-corrected chi connectivity index (χ4v) is 3.22. The number of ether oxygens (including phenoxy) is 1. The molecule has 0 aliphatic carbocycles. The van der Waals surface area contributed by atoms with Crippen LogP contribution in [0.4, 0.5) is 5.69 Å². The van der Waals surface area contributed by atoms with Crippen molar-refractivity contribution < 1.29 is 9.53 Å². The maximum Gasteiger partial charge on any atom is 0.263 e. The van der Waals surface area contributed by atoms with E-state index in [0.717, 1.165) is 0 Å². The minimum absolute atomic E-state index is 0.0523. The molecule has 1 atom stereocenters. The largest absolute Gasteiger partial charge is 0.456 e. The summed E-state index contributed by atoms with van der Waals surface area (Å²) in [5, 5.41) is 2.81. The van der Waals surface area contributed by atoms with Crippen LogP contribution in [-0.2, 0) is 0 Å². The summed E-state index contributed by atoms with van der Waals surface area (Å²) in [7, 11) is 3.90. The molecule has 1 N–H and O–H groups in total. The molecule has 1 unspecified atom stereocenters. The third-order valence-electron chi connectivity index (χ3n) is 4.64. The van der Waals surface area contributed by atoms with E-state index in [9.17, 15) is 9.59 Å². The topological polar surface area (TPSA) is 76.5 Å². The van der Waals surface area contributed by atoms with Crippen LogP contribution in [0, 0.1) is 6.92 Å². The Kier molecular flexibility index (Phi) is 6.64. The quantitative estimate of drug-likeness (QED) is 0.647. The summed E-state index contributed by atoms with van der Waals surface area (Å²) in [4.78, 5) is 31.8. The van der Waals surface area contributed by atoms with Crippen LogP contribution in [0.25, 0.3) is 0 Å². The van der Waals surface area contributed by atoms with Crippen LogP contribution in [0.3, 0.4) is 0 Å². The summed E-state index contributed by atoms with van der Waals surface area (Å²) < 4.78 is 7.31. The van der Waals surface area contributed by atoms with Gasteiger partial charge in [-0.05, 0) is 76.0 Å². The molecule has 1 aromatic carbocycles. The average Bonchev–Trinajstić information content (AvgIpc) is 2.70. The molecule has 2 aromatic heterocycles. The highest BCUT2D eigenvalue weighted by molar-refractivity contribution is 6.05. The van der Waals surface area contributed by atoms with Gasteiger partial charge in [-0.3, -0.25) is 14.6 Å². The lowest BCUT2D eigenvalue weighted by Gasteiger charge is -2.20. The predicted molar refractivity (Wildman–Crippen MR) is 117 cm³/mol. The summed E-state index contributed by atoms with van der Waals surface area (Å²) >= 11 is 0. The first-order chi connectivity index (χ1) is 14.3. The third-order valence-corrected chi connectivity index (χ3v) is 4.64. The standard InChI is InChI=1S/C23H26N4O3/c1-16-11-13-27(17(2)15-26(3)4)23(29)21(16)22(28)25-18-7-9-19(10-8-18)30-20-6-5-12-24-14-20/h5-14,17H,15H2,1-4H3,(H,25,28). The minimum Gasteiger partial charge on any atom is -0.456 e. The number of nitrogens with zero attached hydrogens (tertiary/aromatic N) is 3. The monoisotopic (exact) mass is 406 g/mol. The Morgan fingerprint density at radius 3 is 2.53 bits per heavy atom. The van der Waals surface area contributed by atoms with Crippen molar-refractivity contribution in [2.24, 2.45) is 0 Å². The Labute approximate surface area is 175 Å². The van der Waals surface area contributed by atoms with Gasteiger partial charge in [-0.15, -0.1) is 0 Å². The Morgan fingerprint density at radius 1 is 1.17 bits per heavy atom. The SMILES string of the molecule is Cc1ccn(C(C)CN(C)C)c(=O)c1C(=O)Nc1ccc(Oc2cccnc2)cc1. The van der Waals surface area contributed by atoms with E-state index >= 15 is 0 Å². The number of benzene rings is 1. The van der Waals surface area contributed by atoms with Gasteiger partial charge in [0.2, 0.25) is 0 Å². The molecule has 0 fully saturated rings. The Hall–Kier alpha value is -3.45. The smallest absolute Gasteiger partial charge is 0.263 e. The van der Waals surface area contributed by atoms with Crippen molar-refractivity contribution in [3.63, 3.8) is 0 Å². The summed E-state index contributed by atoms with van der Waals surface area (Å²) in [6.07, 6.45) is 5.04. The molecule has 3 aromatic rings. The van der Waals surface area contributed by atoms with Crippen molar-refractivity contribution in [2.75, 3.05) is 26.0 Å². The highest BCUT2D eigenvalue weighted by Crippen LogP contribution is 2.22. The molecule has 7 nitrogen and oxygen atoms in total. The molecule has 2 heterocycles. The highest BCUT2D eigenvalue weighted by Gasteiger charge is 2.18. The van der Waals surface area contributed by atoms with Gasteiger partial charge >= 0.3 is 0 Å². The Morgan fingerprint density at radius 2 is 1.90 bits per heavy atom. The lowest BCUT2D eigenvalue weighted by atomic mass is 10.1. The zero-order valence-corrected chi connectivity index (χ0v) is 17.6. The van der Waals surface area contributed by atoms with Crippen LogP contribution in [-0.4, -0.2) is 41.0 Å². The first-order valence-corrected chi connectivity index (χ1v) is 9.71. The predicted octanol–water partition coefficient (Wildman–Crippen LogP) is 3.72. The molecule has 0 saturated heterocycles. The van der Waals surface area contributed by atoms with Gasteiger partial charge in [0.15, 0.2) is 0 Å². The molecule has 0 aliphatic heterocycles. The van der Waals surface area contributed by atoms with E-state index < -0.39 is 5.91 Å². The van der Waals surface area contributed by atoms with E-state index in [1.54, 1.807) is 66.5 Å². The van der Waals surface area contributed by atoms with E-state index in [-0.39, 0.29) is 17.2 Å². The number of aryl methyl sites for hydroxylation is 1. The van der Waals surface area contributed by atoms with Crippen molar-refractivity contribution in [2.45, 2.75) is 19.9 Å². The molecule has 156 valence electrons. The Balaban J connectivity index is 1.76. The van der Waals surface area contributed by atoms with Gasteiger partial charge in [-0.25, -0.2) is 0 Å². The van der Waals surface area contributed by atoms with Gasteiger partial charge in [0, 0.05) is 30.7 Å². The summed E-state index contributed by atoms with van der Waals surface area (Å²) in [6, 6.07) is 12.3. The van der Waals surface area contributed by atoms with Crippen molar-refractivity contribution in [3.05, 3.63) is 82.5 Å². The van der Waals surface area contributed by atoms with Crippen LogP contribution in [0.15, 0.2) is 65.8 Å². The summed E-state index contributed by atoms with van der Waals surface area (Å²) in [5.74, 6) is 0.822. The summed E-state index contributed by atoms with van der Waals surface area (Å²) in [6.45, 7) is 4.42. The fourth-order valence-electron chi connectivity index (χ4n) is 3.22. The normalized spacial score (nSPS) is 11.9. The van der Waals surface area contributed by atoms with Gasteiger partial charge in [-0.1, -0.05) is 0 Å². The molecule has 30 heavy (non-hydrogen) atoms. The van der Waals surface area contributed by atoms with Crippen LogP contribution in [0.1, 0.15) is 28.9 Å². The number of pyridine rings is 2. The number of likely N-dealkylation sites (N-methyl/N-ethyl adjacent to an activating group) is 1. The molecule has 0 spiro atoms. The van der Waals surface area contributed by atoms with Crippen molar-refractivity contribution in [3.8, 4) is 11.5 Å². The lowest BCUT2D eigenvalue weighted by molar-refractivity contribution is 0.102. The van der Waals surface area contributed by atoms with Crippen LogP contribution in [0.2, 0.25) is 0 Å². The van der Waals surface area contributed by atoms with Gasteiger partial charge in [0.25, 0.3) is 11.5 Å². The highest BCUT2D eigenvalue weighted by atomic mass is 16.5. The molecule has 0 bridgehead atoms. The van der Waals surface area contributed by atoms with Gasteiger partial charge in [-0.2, -0.15) is 0 Å². The van der Waals surface area contributed by atoms with Crippen molar-refractivity contribution in [1.29, 1.82) is 0 Å². The van der Waals surface area contributed by atoms with Crippen molar-refractivity contribution in [1.82, 2.24) is 14.5 Å². The maximum absolute atomic E-state index is 13.0. The molecule has 3 rings (SSSR count). The lowest BCUT2D eigenvalue weighted by Crippen LogP contribution is -2.34. The van der Waals surface area contributed by atoms with Gasteiger partial charge in [0.05, 0.1) is 6.20 Å². The Bertz CT molecular complexity index is 1060. The number of hydrogen-bond acceptors (Lipinski definition) is 5. The molecule has 1 amide bonds. The van der Waals surface area contributed by atoms with Gasteiger partial charge in [0.1, 0.15) is 17.1 Å². The number of hydrogen-bond donors (Lipinski definition) is 1. The molecule has 0 saturated carbocycles. The van der Waals surface area contributed by atoms with Crippen LogP contribution < -0.4 is 15.6 Å². The van der Waals surface area contributed by atoms with Crippen LogP contribution >= 0.6 is 0 Å². The van der Waals surface area contributed by atoms with E-state index in [4.69, 9.17) is 4.74 Å². The molecule has 0 aliphatic rings. The number of carbonyl (C=O) groups excluding carboxylic acids is 1. The number of carbonyl (C=O) groups is 1. The van der Waals surface area contributed by atoms with Crippen molar-refractivity contribution >= 4 is 11.6 Å². The maximum atomic E-state index is 13.0. The second-order valence-corrected chi connectivity index (χ2v) is 7.47. The minimum atomic E-state index is -0.426. The zero-order valence-electron chi connectivity index (χ0n) is 17.6. The molecule has 0 radical (unpaired) electrons. The molecule has 7 heteroatoms. The number of rotatable bonds is 7. The second kappa shape index (κ2) is 9.37. The average molecular weight is 406 g/mol. The summed E-state index contributed by atoms with van der Waals surface area (Å²) in [5.41, 5.74) is 1.08. The molecular formula is C23H26N4O3. The third kappa shape index (κ3) is 5.12.